The first kappa shape index (κ1) is 16.4. The van der Waals surface area contributed by atoms with Crippen molar-refractivity contribution < 1.29 is 9.53 Å². The van der Waals surface area contributed by atoms with Crippen LogP contribution >= 0.6 is 0 Å². The molecule has 0 radical (unpaired) electrons. The standard InChI is InChI=1S/C15H30N2O2/c1-5-19-14(18)15(4,16-13(2)3)12-17-10-8-6-7-9-11-17/h13,16H,5-12H2,1-4H3. The Morgan fingerprint density at radius 2 is 1.84 bits per heavy atom. The quantitative estimate of drug-likeness (QED) is 0.751. The highest BCUT2D eigenvalue weighted by Gasteiger charge is 2.37. The molecule has 112 valence electrons. The van der Waals surface area contributed by atoms with Gasteiger partial charge in [0.2, 0.25) is 0 Å². The first-order chi connectivity index (χ1) is 8.98. The molecule has 1 saturated heterocycles. The van der Waals surface area contributed by atoms with E-state index in [9.17, 15) is 4.79 Å². The molecule has 1 aliphatic rings. The van der Waals surface area contributed by atoms with Gasteiger partial charge < -0.3 is 9.64 Å². The highest BCUT2D eigenvalue weighted by atomic mass is 16.5. The van der Waals surface area contributed by atoms with Crippen LogP contribution in [0.4, 0.5) is 0 Å². The van der Waals surface area contributed by atoms with Crippen LogP contribution in [0.3, 0.4) is 0 Å². The fourth-order valence-corrected chi connectivity index (χ4v) is 2.84. The van der Waals surface area contributed by atoms with Gasteiger partial charge in [-0.1, -0.05) is 12.8 Å². The molecule has 0 saturated carbocycles. The molecule has 0 spiro atoms. The van der Waals surface area contributed by atoms with E-state index in [1.54, 1.807) is 0 Å². The number of nitrogens with one attached hydrogen (secondary N) is 1. The Hall–Kier alpha value is -0.610. The minimum Gasteiger partial charge on any atom is -0.465 e. The minimum atomic E-state index is -0.603. The van der Waals surface area contributed by atoms with E-state index in [0.29, 0.717) is 6.61 Å². The smallest absolute Gasteiger partial charge is 0.327 e. The molecular weight excluding hydrogens is 240 g/mol. The fourth-order valence-electron chi connectivity index (χ4n) is 2.84. The third-order valence-electron chi connectivity index (χ3n) is 3.57. The Labute approximate surface area is 117 Å². The average Bonchev–Trinajstić information content (AvgIpc) is 2.56. The van der Waals surface area contributed by atoms with E-state index in [0.717, 1.165) is 19.6 Å². The van der Waals surface area contributed by atoms with Crippen molar-refractivity contribution in [2.24, 2.45) is 0 Å². The number of likely N-dealkylation sites (tertiary alicyclic amines) is 1. The summed E-state index contributed by atoms with van der Waals surface area (Å²) in [6, 6.07) is 0.265. The molecule has 0 aromatic rings. The maximum absolute atomic E-state index is 12.2. The van der Waals surface area contributed by atoms with Crippen LogP contribution in [0.1, 0.15) is 53.4 Å². The molecule has 0 aromatic carbocycles. The lowest BCUT2D eigenvalue weighted by Crippen LogP contribution is -2.59. The third kappa shape index (κ3) is 5.49. The number of ether oxygens (including phenoxy) is 1. The maximum atomic E-state index is 12.2. The van der Waals surface area contributed by atoms with Crippen LogP contribution in [0.15, 0.2) is 0 Å². The monoisotopic (exact) mass is 270 g/mol. The molecule has 1 heterocycles. The summed E-state index contributed by atoms with van der Waals surface area (Å²) < 4.78 is 5.25. The Bertz CT molecular complexity index is 273. The van der Waals surface area contributed by atoms with Gasteiger partial charge in [-0.05, 0) is 53.6 Å². The van der Waals surface area contributed by atoms with Crippen molar-refractivity contribution in [1.82, 2.24) is 10.2 Å². The summed E-state index contributed by atoms with van der Waals surface area (Å²) in [5, 5.41) is 3.39. The Kier molecular flexibility index (Phi) is 6.80. The van der Waals surface area contributed by atoms with Gasteiger partial charge in [0.15, 0.2) is 0 Å². The van der Waals surface area contributed by atoms with E-state index in [4.69, 9.17) is 4.74 Å². The minimum absolute atomic E-state index is 0.132. The van der Waals surface area contributed by atoms with Crippen LogP contribution in [0.25, 0.3) is 0 Å². The van der Waals surface area contributed by atoms with Gasteiger partial charge in [0.05, 0.1) is 6.61 Å². The van der Waals surface area contributed by atoms with Gasteiger partial charge in [0, 0.05) is 12.6 Å². The van der Waals surface area contributed by atoms with Crippen molar-refractivity contribution in [3.05, 3.63) is 0 Å². The molecule has 19 heavy (non-hydrogen) atoms. The zero-order valence-corrected chi connectivity index (χ0v) is 13.0. The van der Waals surface area contributed by atoms with E-state index in [1.807, 2.05) is 13.8 Å². The number of carbonyl (C=O) groups is 1. The second kappa shape index (κ2) is 7.85. The van der Waals surface area contributed by atoms with E-state index in [1.165, 1.54) is 25.7 Å². The maximum Gasteiger partial charge on any atom is 0.327 e. The van der Waals surface area contributed by atoms with Crippen molar-refractivity contribution in [3.63, 3.8) is 0 Å². The first-order valence-corrected chi connectivity index (χ1v) is 7.65. The molecule has 0 aromatic heterocycles. The summed E-state index contributed by atoms with van der Waals surface area (Å²) in [6.45, 7) is 11.3. The molecule has 0 amide bonds. The largest absolute Gasteiger partial charge is 0.465 e. The lowest BCUT2D eigenvalue weighted by Gasteiger charge is -2.35. The molecule has 0 bridgehead atoms. The van der Waals surface area contributed by atoms with Gasteiger partial charge in [-0.2, -0.15) is 0 Å². The summed E-state index contributed by atoms with van der Waals surface area (Å²) in [5.74, 6) is -0.132. The average molecular weight is 270 g/mol. The van der Waals surface area contributed by atoms with Gasteiger partial charge in [-0.25, -0.2) is 0 Å². The molecule has 1 N–H and O–H groups in total. The molecule has 1 rings (SSSR count). The second-order valence-electron chi connectivity index (χ2n) is 6.04. The summed E-state index contributed by atoms with van der Waals surface area (Å²) in [6.07, 6.45) is 5.09. The van der Waals surface area contributed by atoms with Crippen molar-refractivity contribution >= 4 is 5.97 Å². The summed E-state index contributed by atoms with van der Waals surface area (Å²) in [7, 11) is 0. The molecular formula is C15H30N2O2. The van der Waals surface area contributed by atoms with Crippen LogP contribution in [0.2, 0.25) is 0 Å². The summed E-state index contributed by atoms with van der Waals surface area (Å²) in [4.78, 5) is 14.7. The van der Waals surface area contributed by atoms with Gasteiger partial charge in [-0.3, -0.25) is 10.1 Å². The van der Waals surface area contributed by atoms with Crippen LogP contribution in [-0.2, 0) is 9.53 Å². The van der Waals surface area contributed by atoms with Gasteiger partial charge in [-0.15, -0.1) is 0 Å². The highest BCUT2D eigenvalue weighted by molar-refractivity contribution is 5.80. The zero-order chi connectivity index (χ0) is 14.3. The molecule has 1 unspecified atom stereocenters. The normalized spacial score (nSPS) is 20.9. The number of nitrogens with zero attached hydrogens (tertiary/aromatic N) is 1. The number of rotatable bonds is 6. The summed E-state index contributed by atoms with van der Waals surface area (Å²) >= 11 is 0. The number of hydrogen-bond acceptors (Lipinski definition) is 4. The van der Waals surface area contributed by atoms with Crippen molar-refractivity contribution in [1.29, 1.82) is 0 Å². The van der Waals surface area contributed by atoms with E-state index in [2.05, 4.69) is 24.1 Å². The Morgan fingerprint density at radius 3 is 2.32 bits per heavy atom. The number of esters is 1. The van der Waals surface area contributed by atoms with Crippen molar-refractivity contribution in [2.75, 3.05) is 26.2 Å². The van der Waals surface area contributed by atoms with Crippen molar-refractivity contribution in [3.8, 4) is 0 Å². The van der Waals surface area contributed by atoms with E-state index >= 15 is 0 Å². The van der Waals surface area contributed by atoms with Crippen LogP contribution in [0.5, 0.6) is 0 Å². The summed E-state index contributed by atoms with van der Waals surface area (Å²) in [5.41, 5.74) is -0.603. The van der Waals surface area contributed by atoms with Crippen LogP contribution in [0, 0.1) is 0 Å². The highest BCUT2D eigenvalue weighted by Crippen LogP contribution is 2.16. The van der Waals surface area contributed by atoms with Gasteiger partial charge in [0.25, 0.3) is 0 Å². The number of carbonyl (C=O) groups excluding carboxylic acids is 1. The topological polar surface area (TPSA) is 41.6 Å². The second-order valence-corrected chi connectivity index (χ2v) is 6.04. The predicted molar refractivity (Wildman–Crippen MR) is 78.2 cm³/mol. The zero-order valence-electron chi connectivity index (χ0n) is 13.0. The lowest BCUT2D eigenvalue weighted by molar-refractivity contribution is -0.151. The van der Waals surface area contributed by atoms with E-state index in [-0.39, 0.29) is 12.0 Å². The number of hydrogen-bond donors (Lipinski definition) is 1. The predicted octanol–water partition coefficient (Wildman–Crippen LogP) is 2.18. The van der Waals surface area contributed by atoms with Crippen LogP contribution in [-0.4, -0.2) is 48.7 Å². The van der Waals surface area contributed by atoms with Crippen LogP contribution < -0.4 is 5.32 Å². The molecule has 4 heteroatoms. The molecule has 1 aliphatic heterocycles. The molecule has 1 atom stereocenters. The third-order valence-corrected chi connectivity index (χ3v) is 3.57. The SMILES string of the molecule is CCOC(=O)C(C)(CN1CCCCCC1)NC(C)C. The first-order valence-electron chi connectivity index (χ1n) is 7.65. The van der Waals surface area contributed by atoms with Gasteiger partial charge in [0.1, 0.15) is 5.54 Å². The van der Waals surface area contributed by atoms with Gasteiger partial charge >= 0.3 is 5.97 Å². The Morgan fingerprint density at radius 1 is 1.26 bits per heavy atom. The van der Waals surface area contributed by atoms with E-state index < -0.39 is 5.54 Å². The fraction of sp³-hybridized carbons (Fsp3) is 0.933. The molecule has 0 aliphatic carbocycles. The molecule has 4 nitrogen and oxygen atoms in total. The Balaban J connectivity index is 2.68. The molecule has 1 fully saturated rings. The van der Waals surface area contributed by atoms with Crippen molar-refractivity contribution in [2.45, 2.75) is 65.0 Å². The lowest BCUT2D eigenvalue weighted by atomic mass is 10.00.